The summed E-state index contributed by atoms with van der Waals surface area (Å²) in [6.45, 7) is 5.93. The molecular weight excluding hydrogens is 441 g/mol. The number of hydrogen-bond donors (Lipinski definition) is 0. The van der Waals surface area contributed by atoms with Crippen molar-refractivity contribution in [3.63, 3.8) is 0 Å². The third kappa shape index (κ3) is 5.27. The summed E-state index contributed by atoms with van der Waals surface area (Å²) in [5.41, 5.74) is 2.13. The van der Waals surface area contributed by atoms with Crippen LogP contribution >= 0.6 is 0 Å². The zero-order chi connectivity index (χ0) is 24.3. The number of halogens is 3. The third-order valence-electron chi connectivity index (χ3n) is 5.92. The van der Waals surface area contributed by atoms with Crippen LogP contribution in [-0.4, -0.2) is 47.0 Å². The van der Waals surface area contributed by atoms with Gasteiger partial charge in [0, 0.05) is 49.1 Å². The van der Waals surface area contributed by atoms with E-state index in [1.807, 2.05) is 44.2 Å². The summed E-state index contributed by atoms with van der Waals surface area (Å²) in [6, 6.07) is 14.7. The molecule has 0 radical (unpaired) electrons. The van der Waals surface area contributed by atoms with Crippen LogP contribution in [0.5, 0.6) is 0 Å². The van der Waals surface area contributed by atoms with Crippen molar-refractivity contribution in [3.8, 4) is 11.4 Å². The normalized spacial score (nSPS) is 14.6. The van der Waals surface area contributed by atoms with Crippen molar-refractivity contribution in [2.24, 2.45) is 0 Å². The molecule has 0 atom stereocenters. The molecule has 1 aliphatic rings. The fourth-order valence-corrected chi connectivity index (χ4v) is 3.86. The summed E-state index contributed by atoms with van der Waals surface area (Å²) in [4.78, 5) is 25.5. The van der Waals surface area contributed by atoms with Crippen molar-refractivity contribution in [2.45, 2.75) is 20.0 Å². The molecular formula is C26H25F3N4O. The van der Waals surface area contributed by atoms with E-state index in [1.54, 1.807) is 23.1 Å². The highest BCUT2D eigenvalue weighted by Crippen LogP contribution is 2.32. The van der Waals surface area contributed by atoms with Gasteiger partial charge in [0.05, 0.1) is 5.56 Å². The number of aromatic nitrogens is 2. The number of rotatable bonds is 4. The Bertz CT molecular complexity index is 1200. The van der Waals surface area contributed by atoms with Crippen LogP contribution in [0, 0.1) is 13.8 Å². The van der Waals surface area contributed by atoms with E-state index in [-0.39, 0.29) is 11.7 Å². The van der Waals surface area contributed by atoms with Crippen molar-refractivity contribution >= 4 is 17.8 Å². The molecule has 0 aliphatic carbocycles. The number of piperazine rings is 1. The molecule has 0 N–H and O–H groups in total. The molecule has 8 heteroatoms. The van der Waals surface area contributed by atoms with Crippen LogP contribution in [0.4, 0.5) is 19.0 Å². The Balaban J connectivity index is 1.50. The van der Waals surface area contributed by atoms with Crippen molar-refractivity contribution in [1.29, 1.82) is 0 Å². The Labute approximate surface area is 196 Å². The molecule has 1 aromatic heterocycles. The second-order valence-electron chi connectivity index (χ2n) is 8.22. The molecule has 1 aliphatic heterocycles. The van der Waals surface area contributed by atoms with Gasteiger partial charge in [0.25, 0.3) is 0 Å². The fourth-order valence-electron chi connectivity index (χ4n) is 3.86. The van der Waals surface area contributed by atoms with Gasteiger partial charge in [-0.3, -0.25) is 4.79 Å². The van der Waals surface area contributed by atoms with E-state index >= 15 is 0 Å². The SMILES string of the molecule is Cc1nc(-c2cccc(C(F)(F)F)c2)nc(N2CCN(C(=O)/C=C/c3ccccc3)CC2)c1C. The van der Waals surface area contributed by atoms with Crippen molar-refractivity contribution in [3.05, 3.63) is 83.1 Å². The smallest absolute Gasteiger partial charge is 0.353 e. The van der Waals surface area contributed by atoms with Crippen LogP contribution in [0.15, 0.2) is 60.7 Å². The summed E-state index contributed by atoms with van der Waals surface area (Å²) in [6.07, 6.45) is -1.05. The fraction of sp³-hybridized carbons (Fsp3) is 0.269. The van der Waals surface area contributed by atoms with Crippen LogP contribution in [0.2, 0.25) is 0 Å². The van der Waals surface area contributed by atoms with Gasteiger partial charge in [-0.05, 0) is 37.6 Å². The number of hydrogen-bond acceptors (Lipinski definition) is 4. The zero-order valence-electron chi connectivity index (χ0n) is 19.0. The maximum absolute atomic E-state index is 13.2. The number of benzene rings is 2. The van der Waals surface area contributed by atoms with E-state index < -0.39 is 11.7 Å². The molecule has 0 spiro atoms. The van der Waals surface area contributed by atoms with Crippen molar-refractivity contribution in [2.75, 3.05) is 31.1 Å². The number of aryl methyl sites for hydroxylation is 1. The van der Waals surface area contributed by atoms with Gasteiger partial charge in [0.1, 0.15) is 5.82 Å². The van der Waals surface area contributed by atoms with Crippen LogP contribution in [0.1, 0.15) is 22.4 Å². The average molecular weight is 467 g/mol. The van der Waals surface area contributed by atoms with Crippen LogP contribution in [0.25, 0.3) is 17.5 Å². The summed E-state index contributed by atoms with van der Waals surface area (Å²) < 4.78 is 39.5. The molecule has 0 unspecified atom stereocenters. The second kappa shape index (κ2) is 9.67. The molecule has 1 fully saturated rings. The van der Waals surface area contributed by atoms with Crippen LogP contribution in [0.3, 0.4) is 0 Å². The highest BCUT2D eigenvalue weighted by molar-refractivity contribution is 5.92. The quantitative estimate of drug-likeness (QED) is 0.500. The molecule has 5 nitrogen and oxygen atoms in total. The molecule has 0 saturated carbocycles. The summed E-state index contributed by atoms with van der Waals surface area (Å²) in [7, 11) is 0. The molecule has 4 rings (SSSR count). The number of anilines is 1. The van der Waals surface area contributed by atoms with Crippen LogP contribution < -0.4 is 4.90 Å². The predicted molar refractivity (Wildman–Crippen MR) is 126 cm³/mol. The molecule has 34 heavy (non-hydrogen) atoms. The zero-order valence-corrected chi connectivity index (χ0v) is 19.0. The first-order valence-electron chi connectivity index (χ1n) is 11.0. The van der Waals surface area contributed by atoms with Crippen molar-refractivity contribution in [1.82, 2.24) is 14.9 Å². The van der Waals surface area contributed by atoms with E-state index in [2.05, 4.69) is 14.9 Å². The lowest BCUT2D eigenvalue weighted by Crippen LogP contribution is -2.48. The van der Waals surface area contributed by atoms with Crippen LogP contribution in [-0.2, 0) is 11.0 Å². The Morgan fingerprint density at radius 1 is 0.941 bits per heavy atom. The first-order valence-corrected chi connectivity index (χ1v) is 11.0. The molecule has 0 bridgehead atoms. The third-order valence-corrected chi connectivity index (χ3v) is 5.92. The summed E-state index contributed by atoms with van der Waals surface area (Å²) in [5, 5.41) is 0. The van der Waals surface area contributed by atoms with Gasteiger partial charge in [-0.25, -0.2) is 9.97 Å². The highest BCUT2D eigenvalue weighted by Gasteiger charge is 2.31. The van der Waals surface area contributed by atoms with Crippen molar-refractivity contribution < 1.29 is 18.0 Å². The largest absolute Gasteiger partial charge is 0.416 e. The maximum atomic E-state index is 13.2. The number of nitrogens with zero attached hydrogens (tertiary/aromatic N) is 4. The Morgan fingerprint density at radius 3 is 2.32 bits per heavy atom. The number of amides is 1. The summed E-state index contributed by atoms with van der Waals surface area (Å²) in [5.74, 6) is 0.893. The van der Waals surface area contributed by atoms with E-state index in [0.29, 0.717) is 43.3 Å². The standard InChI is InChI=1S/C26H25F3N4O/c1-18-19(2)30-24(21-9-6-10-22(17-21)26(27,28)29)31-25(18)33-15-13-32(14-16-33)23(34)12-11-20-7-4-3-5-8-20/h3-12,17H,13-16H2,1-2H3/b12-11+. The number of carbonyl (C=O) groups excluding carboxylic acids is 1. The minimum Gasteiger partial charge on any atom is -0.353 e. The number of carbonyl (C=O) groups is 1. The molecule has 1 amide bonds. The van der Waals surface area contributed by atoms with Gasteiger partial charge in [-0.15, -0.1) is 0 Å². The van der Waals surface area contributed by atoms with Gasteiger partial charge in [-0.2, -0.15) is 13.2 Å². The Hall–Kier alpha value is -3.68. The lowest BCUT2D eigenvalue weighted by Gasteiger charge is -2.36. The van der Waals surface area contributed by atoms with E-state index in [1.165, 1.54) is 6.07 Å². The summed E-state index contributed by atoms with van der Waals surface area (Å²) >= 11 is 0. The first kappa shape index (κ1) is 23.5. The topological polar surface area (TPSA) is 49.3 Å². The van der Waals surface area contributed by atoms with Gasteiger partial charge in [0.2, 0.25) is 5.91 Å². The first-order chi connectivity index (χ1) is 16.2. The maximum Gasteiger partial charge on any atom is 0.416 e. The highest BCUT2D eigenvalue weighted by atomic mass is 19.4. The minimum absolute atomic E-state index is 0.0521. The second-order valence-corrected chi connectivity index (χ2v) is 8.22. The van der Waals surface area contributed by atoms with Gasteiger partial charge < -0.3 is 9.80 Å². The molecule has 2 heterocycles. The molecule has 1 saturated heterocycles. The van der Waals surface area contributed by atoms with E-state index in [0.717, 1.165) is 23.3 Å². The molecule has 2 aromatic carbocycles. The van der Waals surface area contributed by atoms with Gasteiger partial charge >= 0.3 is 6.18 Å². The molecule has 3 aromatic rings. The van der Waals surface area contributed by atoms with E-state index in [9.17, 15) is 18.0 Å². The van der Waals surface area contributed by atoms with E-state index in [4.69, 9.17) is 0 Å². The predicted octanol–water partition coefficient (Wildman–Crippen LogP) is 5.14. The lowest BCUT2D eigenvalue weighted by molar-refractivity contribution is -0.137. The van der Waals surface area contributed by atoms with Gasteiger partial charge in [0.15, 0.2) is 5.82 Å². The monoisotopic (exact) mass is 466 g/mol. The molecule has 176 valence electrons. The number of alkyl halides is 3. The lowest BCUT2D eigenvalue weighted by atomic mass is 10.1. The Kier molecular flexibility index (Phi) is 6.68. The Morgan fingerprint density at radius 2 is 1.65 bits per heavy atom. The minimum atomic E-state index is -4.43. The van der Waals surface area contributed by atoms with Gasteiger partial charge in [-0.1, -0.05) is 42.5 Å². The average Bonchev–Trinajstić information content (AvgIpc) is 2.84.